The largest absolute Gasteiger partial charge is 0.444 e. The predicted octanol–water partition coefficient (Wildman–Crippen LogP) is 4.32. The number of rotatable bonds is 5. The van der Waals surface area contributed by atoms with Crippen molar-refractivity contribution in [1.82, 2.24) is 0 Å². The summed E-state index contributed by atoms with van der Waals surface area (Å²) in [6, 6.07) is 14.3. The van der Waals surface area contributed by atoms with Crippen molar-refractivity contribution in [2.45, 2.75) is 38.9 Å². The van der Waals surface area contributed by atoms with E-state index < -0.39 is 27.6 Å². The van der Waals surface area contributed by atoms with Crippen molar-refractivity contribution in [2.24, 2.45) is 0 Å². The zero-order chi connectivity index (χ0) is 23.5. The summed E-state index contributed by atoms with van der Waals surface area (Å²) in [4.78, 5) is 26.4. The lowest BCUT2D eigenvalue weighted by atomic mass is 10.0. The quantitative estimate of drug-likeness (QED) is 0.713. The number of hydrogen-bond acceptors (Lipinski definition) is 6. The van der Waals surface area contributed by atoms with E-state index in [-0.39, 0.29) is 24.8 Å². The topological polar surface area (TPSA) is 102 Å². The van der Waals surface area contributed by atoms with Crippen molar-refractivity contribution < 1.29 is 27.5 Å². The Morgan fingerprint density at radius 3 is 2.44 bits per heavy atom. The summed E-state index contributed by atoms with van der Waals surface area (Å²) in [5.74, 6) is -0.475. The van der Waals surface area contributed by atoms with Gasteiger partial charge in [-0.3, -0.25) is 10.2 Å². The van der Waals surface area contributed by atoms with Gasteiger partial charge in [-0.2, -0.15) is 0 Å². The van der Waals surface area contributed by atoms with Gasteiger partial charge in [0.15, 0.2) is 0 Å². The molecule has 0 saturated carbocycles. The molecule has 1 unspecified atom stereocenters. The summed E-state index contributed by atoms with van der Waals surface area (Å²) in [5, 5.41) is 2.65. The molecule has 0 spiro atoms. The number of nitrogens with one attached hydrogen (secondary N) is 1. The zero-order valence-electron chi connectivity index (χ0n) is 18.6. The number of carbonyl (C=O) groups is 2. The number of carbonyl (C=O) groups excluding carboxylic acids is 2. The van der Waals surface area contributed by atoms with Crippen molar-refractivity contribution in [1.29, 1.82) is 0 Å². The Bertz CT molecular complexity index is 1090. The SMILES string of the molecule is CC(C)(C)OC(=O)N1CC(CS(C)(=O)=O)c2ccc(NC(=O)OCc3ccccc3)cc21. The normalized spacial score (nSPS) is 15.8. The van der Waals surface area contributed by atoms with Crippen LogP contribution in [0, 0.1) is 0 Å². The molecule has 0 fully saturated rings. The van der Waals surface area contributed by atoms with Crippen LogP contribution in [-0.2, 0) is 25.9 Å². The van der Waals surface area contributed by atoms with Crippen LogP contribution in [0.1, 0.15) is 37.8 Å². The highest BCUT2D eigenvalue weighted by Crippen LogP contribution is 2.39. The minimum atomic E-state index is -3.27. The minimum absolute atomic E-state index is 0.0921. The van der Waals surface area contributed by atoms with Gasteiger partial charge in [-0.05, 0) is 44.0 Å². The molecule has 9 heteroatoms. The number of benzene rings is 2. The standard InChI is InChI=1S/C23H28N2O6S/c1-23(2,3)31-22(27)25-13-17(15-32(4,28)29)19-11-10-18(12-20(19)25)24-21(26)30-14-16-8-6-5-7-9-16/h5-12,17H,13-15H2,1-4H3,(H,24,26). The Kier molecular flexibility index (Phi) is 6.78. The van der Waals surface area contributed by atoms with Gasteiger partial charge in [0.05, 0.1) is 11.4 Å². The minimum Gasteiger partial charge on any atom is -0.444 e. The van der Waals surface area contributed by atoms with E-state index in [4.69, 9.17) is 9.47 Å². The lowest BCUT2D eigenvalue weighted by molar-refractivity contribution is 0.0582. The molecular weight excluding hydrogens is 432 g/mol. The van der Waals surface area contributed by atoms with Crippen molar-refractivity contribution >= 4 is 33.4 Å². The first kappa shape index (κ1) is 23.6. The number of sulfone groups is 1. The maximum atomic E-state index is 12.8. The molecular formula is C23H28N2O6S. The van der Waals surface area contributed by atoms with Crippen LogP contribution >= 0.6 is 0 Å². The Hall–Kier alpha value is -3.07. The molecule has 0 saturated heterocycles. The molecule has 1 aliphatic heterocycles. The summed E-state index contributed by atoms with van der Waals surface area (Å²) >= 11 is 0. The lowest BCUT2D eigenvalue weighted by Gasteiger charge is -2.25. The number of nitrogens with zero attached hydrogens (tertiary/aromatic N) is 1. The molecule has 0 bridgehead atoms. The van der Waals surface area contributed by atoms with Crippen LogP contribution in [0.5, 0.6) is 0 Å². The van der Waals surface area contributed by atoms with Crippen LogP contribution < -0.4 is 10.2 Å². The van der Waals surface area contributed by atoms with Gasteiger partial charge in [0.2, 0.25) is 0 Å². The fraction of sp³-hybridized carbons (Fsp3) is 0.391. The Morgan fingerprint density at radius 2 is 1.81 bits per heavy atom. The van der Waals surface area contributed by atoms with Gasteiger partial charge in [-0.25, -0.2) is 18.0 Å². The maximum Gasteiger partial charge on any atom is 0.414 e. The Balaban J connectivity index is 1.79. The second-order valence-corrected chi connectivity index (χ2v) is 11.0. The second kappa shape index (κ2) is 9.20. The van der Waals surface area contributed by atoms with Gasteiger partial charge < -0.3 is 9.47 Å². The monoisotopic (exact) mass is 460 g/mol. The van der Waals surface area contributed by atoms with Crippen LogP contribution in [-0.4, -0.2) is 44.8 Å². The van der Waals surface area contributed by atoms with Gasteiger partial charge in [0.25, 0.3) is 0 Å². The van der Waals surface area contributed by atoms with Crippen LogP contribution in [0.3, 0.4) is 0 Å². The van der Waals surface area contributed by atoms with E-state index in [0.29, 0.717) is 16.9 Å². The van der Waals surface area contributed by atoms with Gasteiger partial charge in [-0.15, -0.1) is 0 Å². The second-order valence-electron chi connectivity index (χ2n) is 8.84. The van der Waals surface area contributed by atoms with E-state index in [1.54, 1.807) is 39.0 Å². The van der Waals surface area contributed by atoms with Crippen LogP contribution in [0.4, 0.5) is 21.0 Å². The molecule has 1 atom stereocenters. The fourth-order valence-corrected chi connectivity index (χ4v) is 4.51. The zero-order valence-corrected chi connectivity index (χ0v) is 19.4. The van der Waals surface area contributed by atoms with E-state index in [1.165, 1.54) is 11.2 Å². The molecule has 1 aliphatic rings. The average molecular weight is 461 g/mol. The summed E-state index contributed by atoms with van der Waals surface area (Å²) in [6.45, 7) is 5.58. The van der Waals surface area contributed by atoms with E-state index in [2.05, 4.69) is 5.32 Å². The maximum absolute atomic E-state index is 12.8. The first-order valence-corrected chi connectivity index (χ1v) is 12.3. The number of amides is 2. The molecule has 1 N–H and O–H groups in total. The molecule has 2 aromatic rings. The molecule has 0 radical (unpaired) electrons. The first-order chi connectivity index (χ1) is 14.9. The van der Waals surface area contributed by atoms with E-state index in [1.807, 2.05) is 30.3 Å². The van der Waals surface area contributed by atoms with Crippen LogP contribution in [0.15, 0.2) is 48.5 Å². The highest BCUT2D eigenvalue weighted by molar-refractivity contribution is 7.90. The first-order valence-electron chi connectivity index (χ1n) is 10.2. The van der Waals surface area contributed by atoms with Crippen LogP contribution in [0.25, 0.3) is 0 Å². The summed E-state index contributed by atoms with van der Waals surface area (Å²) in [7, 11) is -3.27. The van der Waals surface area contributed by atoms with Gasteiger partial charge in [0, 0.05) is 24.4 Å². The third-order valence-electron chi connectivity index (χ3n) is 4.74. The van der Waals surface area contributed by atoms with E-state index in [9.17, 15) is 18.0 Å². The van der Waals surface area contributed by atoms with E-state index in [0.717, 1.165) is 5.56 Å². The molecule has 0 aliphatic carbocycles. The van der Waals surface area contributed by atoms with Crippen LogP contribution in [0.2, 0.25) is 0 Å². The lowest BCUT2D eigenvalue weighted by Crippen LogP contribution is -2.36. The fourth-order valence-electron chi connectivity index (χ4n) is 3.49. The van der Waals surface area contributed by atoms with Crippen molar-refractivity contribution in [2.75, 3.05) is 28.8 Å². The molecule has 2 amide bonds. The molecule has 2 aromatic carbocycles. The summed E-state index contributed by atoms with van der Waals surface area (Å²) in [6.07, 6.45) is -0.0385. The molecule has 8 nitrogen and oxygen atoms in total. The molecule has 172 valence electrons. The molecule has 3 rings (SSSR count). The molecule has 32 heavy (non-hydrogen) atoms. The van der Waals surface area contributed by atoms with Gasteiger partial charge in [-0.1, -0.05) is 36.4 Å². The third kappa shape index (κ3) is 6.46. The van der Waals surface area contributed by atoms with Gasteiger partial charge >= 0.3 is 12.2 Å². The summed E-state index contributed by atoms with van der Waals surface area (Å²) in [5.41, 5.74) is 1.80. The van der Waals surface area contributed by atoms with Crippen molar-refractivity contribution in [3.8, 4) is 0 Å². The number of hydrogen-bond donors (Lipinski definition) is 1. The summed E-state index contributed by atoms with van der Waals surface area (Å²) < 4.78 is 34.5. The van der Waals surface area contributed by atoms with Crippen molar-refractivity contribution in [3.63, 3.8) is 0 Å². The van der Waals surface area contributed by atoms with E-state index >= 15 is 0 Å². The number of anilines is 2. The third-order valence-corrected chi connectivity index (χ3v) is 5.75. The molecule has 0 aromatic heterocycles. The highest BCUT2D eigenvalue weighted by atomic mass is 32.2. The van der Waals surface area contributed by atoms with Crippen molar-refractivity contribution in [3.05, 3.63) is 59.7 Å². The number of fused-ring (bicyclic) bond motifs is 1. The Labute approximate surface area is 188 Å². The Morgan fingerprint density at radius 1 is 1.12 bits per heavy atom. The highest BCUT2D eigenvalue weighted by Gasteiger charge is 2.36. The predicted molar refractivity (Wildman–Crippen MR) is 123 cm³/mol. The molecule has 1 heterocycles. The average Bonchev–Trinajstić information content (AvgIpc) is 3.02. The smallest absolute Gasteiger partial charge is 0.414 e. The number of ether oxygens (including phenoxy) is 2. The van der Waals surface area contributed by atoms with Gasteiger partial charge in [0.1, 0.15) is 22.0 Å².